The Morgan fingerprint density at radius 1 is 0.920 bits per heavy atom. The number of ether oxygens (including phenoxy) is 5. The van der Waals surface area contributed by atoms with E-state index >= 15 is 17.6 Å². The lowest BCUT2D eigenvalue weighted by Gasteiger charge is -2.31. The molecule has 0 saturated carbocycles. The van der Waals surface area contributed by atoms with Crippen LogP contribution in [0.2, 0.25) is 5.02 Å². The SMILES string of the molecule is COc1ccc(CNc2ncncc2C(C)N2C=C(OC[C@@H]3CCCN3CC(F)F)Oc3c(F)c(-c4nc(N(Cc5ccc(OC)cc5)Cc5ccc(OC)cc5)cc(C)c4C(F)(F)F)c(Cl)c4c3=C2NCN=4)cc1. The molecule has 75 heavy (non-hydrogen) atoms. The highest BCUT2D eigenvalue weighted by Gasteiger charge is 2.41. The number of aromatic nitrogens is 3. The Morgan fingerprint density at radius 2 is 1.55 bits per heavy atom. The van der Waals surface area contributed by atoms with Gasteiger partial charge in [-0.2, -0.15) is 13.2 Å². The molecule has 2 atom stereocenters. The molecule has 3 aliphatic rings. The lowest BCUT2D eigenvalue weighted by molar-refractivity contribution is -0.137. The van der Waals surface area contributed by atoms with Gasteiger partial charge in [-0.1, -0.05) is 48.0 Å². The van der Waals surface area contributed by atoms with Crippen LogP contribution in [0.5, 0.6) is 23.0 Å². The van der Waals surface area contributed by atoms with Gasteiger partial charge in [0.1, 0.15) is 54.3 Å². The highest BCUT2D eigenvalue weighted by molar-refractivity contribution is 6.33. The van der Waals surface area contributed by atoms with E-state index in [-0.39, 0.29) is 60.1 Å². The monoisotopic (exact) mass is 1060 g/mol. The molecule has 9 rings (SSSR count). The van der Waals surface area contributed by atoms with Crippen molar-refractivity contribution in [1.29, 1.82) is 0 Å². The minimum absolute atomic E-state index is 0.0129. The molecular weight excluding hydrogens is 1000 g/mol. The standard InChI is InChI=1S/C54H54ClF6N9O5/c1-31-21-42(69(24-34-10-16-38(72-4)17-11-34)25-35-12-18-39(73-5)19-13-35)67-49(46(31)54(59,60)61)44-47(55)50-45-51(48(44)58)75-43(74-28-36-7-6-20-68(36)26-41(56)57)27-70(53(45)66-30-64-50)32(2)40-23-62-29-65-52(40)63-22-33-8-14-37(71-3)15-9-33/h8-19,21,23,27,29,32,36,41,66H,6-7,20,22,24-26,28,30H2,1-5H3,(H,62,63,65)/t32?,36-/m0/s1. The quantitative estimate of drug-likeness (QED) is 0.0748. The van der Waals surface area contributed by atoms with E-state index in [4.69, 9.17) is 35.3 Å². The van der Waals surface area contributed by atoms with Crippen LogP contribution in [0.4, 0.5) is 38.0 Å². The van der Waals surface area contributed by atoms with Crippen molar-refractivity contribution in [2.24, 2.45) is 4.99 Å². The topological polar surface area (TPSA) is 131 Å². The normalized spacial score (nSPS) is 15.7. The number of benzene rings is 4. The van der Waals surface area contributed by atoms with E-state index < -0.39 is 64.6 Å². The number of halogens is 7. The number of likely N-dealkylation sites (tertiary alicyclic amines) is 1. The smallest absolute Gasteiger partial charge is 0.418 e. The highest BCUT2D eigenvalue weighted by Crippen LogP contribution is 2.44. The molecular formula is C54H54ClF6N9O5. The number of aryl methyl sites for hydroxylation is 1. The van der Waals surface area contributed by atoms with Crippen LogP contribution in [-0.4, -0.2) is 84.9 Å². The third-order valence-corrected chi connectivity index (χ3v) is 13.7. The fourth-order valence-electron chi connectivity index (χ4n) is 9.54. The molecule has 6 aromatic rings. The Kier molecular flexibility index (Phi) is 15.8. The maximum Gasteiger partial charge on any atom is 0.418 e. The van der Waals surface area contributed by atoms with E-state index in [9.17, 15) is 8.78 Å². The summed E-state index contributed by atoms with van der Waals surface area (Å²) in [5.74, 6) is 0.551. The molecule has 1 saturated heterocycles. The van der Waals surface area contributed by atoms with Crippen molar-refractivity contribution < 1.29 is 50.0 Å². The van der Waals surface area contributed by atoms with Crippen LogP contribution in [0, 0.1) is 12.7 Å². The number of nitrogens with zero attached hydrogens (tertiary/aromatic N) is 7. The average Bonchev–Trinajstić information content (AvgIpc) is 3.78. The molecule has 5 heterocycles. The van der Waals surface area contributed by atoms with Crippen LogP contribution in [0.25, 0.3) is 17.1 Å². The second-order valence-electron chi connectivity index (χ2n) is 18.1. The van der Waals surface area contributed by atoms with Crippen molar-refractivity contribution in [1.82, 2.24) is 30.1 Å². The van der Waals surface area contributed by atoms with Gasteiger partial charge in [0.15, 0.2) is 11.6 Å². The Labute approximate surface area is 434 Å². The predicted octanol–water partition coefficient (Wildman–Crippen LogP) is 9.75. The van der Waals surface area contributed by atoms with Gasteiger partial charge in [0.25, 0.3) is 6.43 Å². The molecule has 2 N–H and O–H groups in total. The van der Waals surface area contributed by atoms with Gasteiger partial charge in [-0.25, -0.2) is 28.1 Å². The third-order valence-electron chi connectivity index (χ3n) is 13.4. The molecule has 1 unspecified atom stereocenters. The Hall–Kier alpha value is -7.45. The van der Waals surface area contributed by atoms with Crippen molar-refractivity contribution >= 4 is 29.1 Å². The first-order chi connectivity index (χ1) is 36.1. The third kappa shape index (κ3) is 11.5. The van der Waals surface area contributed by atoms with Crippen LogP contribution in [0.1, 0.15) is 59.2 Å². The van der Waals surface area contributed by atoms with E-state index in [1.54, 1.807) is 66.5 Å². The van der Waals surface area contributed by atoms with Crippen LogP contribution < -0.4 is 45.1 Å². The molecule has 14 nitrogen and oxygen atoms in total. The molecule has 21 heteroatoms. The molecule has 0 amide bonds. The molecule has 2 aromatic heterocycles. The lowest BCUT2D eigenvalue weighted by Crippen LogP contribution is -2.45. The Balaban J connectivity index is 1.19. The summed E-state index contributed by atoms with van der Waals surface area (Å²) < 4.78 is 121. The number of hydrogen-bond acceptors (Lipinski definition) is 14. The van der Waals surface area contributed by atoms with Gasteiger partial charge in [-0.3, -0.25) is 9.89 Å². The van der Waals surface area contributed by atoms with Crippen molar-refractivity contribution in [2.45, 2.75) is 71.0 Å². The summed E-state index contributed by atoms with van der Waals surface area (Å²) in [6, 6.07) is 22.1. The van der Waals surface area contributed by atoms with E-state index in [1.165, 1.54) is 25.5 Å². The van der Waals surface area contributed by atoms with Crippen LogP contribution in [-0.2, 0) is 30.5 Å². The first-order valence-electron chi connectivity index (χ1n) is 24.1. The van der Waals surface area contributed by atoms with Crippen molar-refractivity contribution in [3.05, 3.63) is 158 Å². The molecule has 0 radical (unpaired) electrons. The van der Waals surface area contributed by atoms with Crippen LogP contribution >= 0.6 is 11.6 Å². The molecule has 4 aromatic carbocycles. The van der Waals surface area contributed by atoms with Gasteiger partial charge in [0, 0.05) is 37.4 Å². The second kappa shape index (κ2) is 22.6. The molecule has 0 spiro atoms. The van der Waals surface area contributed by atoms with Crippen LogP contribution in [0.3, 0.4) is 0 Å². The fraction of sp³-hybridized carbons (Fsp3) is 0.333. The number of alkyl halides is 5. The molecule has 0 aliphatic carbocycles. The van der Waals surface area contributed by atoms with Gasteiger partial charge in [-0.05, 0) is 98.0 Å². The number of nitrogens with one attached hydrogen (secondary N) is 2. The molecule has 0 bridgehead atoms. The summed E-state index contributed by atoms with van der Waals surface area (Å²) in [5.41, 5.74) is 0.0856. The number of rotatable bonds is 19. The predicted molar refractivity (Wildman–Crippen MR) is 270 cm³/mol. The summed E-state index contributed by atoms with van der Waals surface area (Å²) in [6.07, 6.45) is -1.99. The number of methoxy groups -OCH3 is 3. The Morgan fingerprint density at radius 3 is 2.15 bits per heavy atom. The van der Waals surface area contributed by atoms with Crippen molar-refractivity contribution in [3.8, 4) is 34.3 Å². The zero-order valence-corrected chi connectivity index (χ0v) is 42.4. The first-order valence-corrected chi connectivity index (χ1v) is 24.4. The largest absolute Gasteiger partial charge is 0.497 e. The Bertz CT molecular complexity index is 3120. The second-order valence-corrected chi connectivity index (χ2v) is 18.5. The maximum atomic E-state index is 18.2. The van der Waals surface area contributed by atoms with Gasteiger partial charge < -0.3 is 44.1 Å². The van der Waals surface area contributed by atoms with Gasteiger partial charge in [0.05, 0.1) is 72.5 Å². The molecule has 394 valence electrons. The van der Waals surface area contributed by atoms with E-state index in [0.717, 1.165) is 16.7 Å². The fourth-order valence-corrected chi connectivity index (χ4v) is 9.86. The van der Waals surface area contributed by atoms with E-state index in [0.29, 0.717) is 54.6 Å². The number of hydrogen-bond donors (Lipinski definition) is 2. The van der Waals surface area contributed by atoms with Gasteiger partial charge >= 0.3 is 12.1 Å². The van der Waals surface area contributed by atoms with E-state index in [1.807, 2.05) is 55.5 Å². The zero-order chi connectivity index (χ0) is 53.0. The van der Waals surface area contributed by atoms with Gasteiger partial charge in [0.2, 0.25) is 0 Å². The van der Waals surface area contributed by atoms with Gasteiger partial charge in [-0.15, -0.1) is 0 Å². The average molecular weight is 1060 g/mol. The number of anilines is 2. The van der Waals surface area contributed by atoms with Crippen molar-refractivity contribution in [3.63, 3.8) is 0 Å². The van der Waals surface area contributed by atoms with Crippen LogP contribution in [0.15, 0.2) is 109 Å². The first kappa shape index (κ1) is 52.4. The number of pyridine rings is 1. The maximum absolute atomic E-state index is 18.2. The summed E-state index contributed by atoms with van der Waals surface area (Å²) in [4.78, 5) is 23.3. The van der Waals surface area contributed by atoms with E-state index in [2.05, 4.69) is 30.6 Å². The summed E-state index contributed by atoms with van der Waals surface area (Å²) in [5, 5.41) is 6.07. The summed E-state index contributed by atoms with van der Waals surface area (Å²) in [7, 11) is 4.66. The molecule has 1 fully saturated rings. The zero-order valence-electron chi connectivity index (χ0n) is 41.7. The summed E-state index contributed by atoms with van der Waals surface area (Å²) >= 11 is 7.24. The highest BCUT2D eigenvalue weighted by atomic mass is 35.5. The molecule has 3 aliphatic heterocycles. The lowest BCUT2D eigenvalue weighted by atomic mass is 9.98. The minimum Gasteiger partial charge on any atom is -0.497 e. The van der Waals surface area contributed by atoms with Crippen molar-refractivity contribution in [2.75, 3.05) is 57.9 Å². The minimum atomic E-state index is -5.05. The summed E-state index contributed by atoms with van der Waals surface area (Å²) in [6.45, 7) is 3.48.